The van der Waals surface area contributed by atoms with E-state index in [4.69, 9.17) is 0 Å². The van der Waals surface area contributed by atoms with Crippen molar-refractivity contribution in [2.45, 2.75) is 18.9 Å². The molecule has 0 spiro atoms. The number of nitrogens with zero attached hydrogens (tertiary/aromatic N) is 1. The van der Waals surface area contributed by atoms with Crippen molar-refractivity contribution in [3.05, 3.63) is 22.4 Å². The van der Waals surface area contributed by atoms with Gasteiger partial charge in [-0.25, -0.2) is 8.42 Å². The van der Waals surface area contributed by atoms with Gasteiger partial charge in [-0.15, -0.1) is 11.3 Å². The molecule has 1 aromatic rings. The molecule has 0 amide bonds. The van der Waals surface area contributed by atoms with Crippen molar-refractivity contribution in [3.8, 4) is 0 Å². The Kier molecular flexibility index (Phi) is 3.14. The van der Waals surface area contributed by atoms with Crippen molar-refractivity contribution in [2.75, 3.05) is 12.8 Å². The molecule has 1 fully saturated rings. The second-order valence-electron chi connectivity index (χ2n) is 3.87. The first-order chi connectivity index (χ1) is 7.50. The lowest BCUT2D eigenvalue weighted by molar-refractivity contribution is 0.0922. The number of ketones is 1. The minimum Gasteiger partial charge on any atom is -0.291 e. The summed E-state index contributed by atoms with van der Waals surface area (Å²) in [6.45, 7) is 0.459. The van der Waals surface area contributed by atoms with Crippen LogP contribution in [-0.4, -0.2) is 37.3 Å². The first kappa shape index (κ1) is 11.8. The summed E-state index contributed by atoms with van der Waals surface area (Å²) in [4.78, 5) is 12.7. The average molecular weight is 259 g/mol. The first-order valence-electron chi connectivity index (χ1n) is 5.04. The lowest BCUT2D eigenvalue weighted by Crippen LogP contribution is -2.39. The summed E-state index contributed by atoms with van der Waals surface area (Å²) in [6.07, 6.45) is 2.55. The lowest BCUT2D eigenvalue weighted by Gasteiger charge is -2.20. The Hall–Kier alpha value is -0.720. The van der Waals surface area contributed by atoms with Crippen LogP contribution in [0.2, 0.25) is 0 Å². The van der Waals surface area contributed by atoms with Gasteiger partial charge in [0.15, 0.2) is 5.78 Å². The maximum atomic E-state index is 12.1. The van der Waals surface area contributed by atoms with Crippen LogP contribution in [0.3, 0.4) is 0 Å². The molecular formula is C10H13NO3S2. The van der Waals surface area contributed by atoms with E-state index in [-0.39, 0.29) is 5.78 Å². The van der Waals surface area contributed by atoms with E-state index in [0.29, 0.717) is 17.8 Å². The van der Waals surface area contributed by atoms with E-state index in [1.165, 1.54) is 15.6 Å². The summed E-state index contributed by atoms with van der Waals surface area (Å²) in [5.74, 6) is -0.0714. The molecule has 1 aromatic heterocycles. The van der Waals surface area contributed by atoms with Crippen LogP contribution in [-0.2, 0) is 10.0 Å². The maximum absolute atomic E-state index is 12.1. The quantitative estimate of drug-likeness (QED) is 0.770. The van der Waals surface area contributed by atoms with Crippen LogP contribution in [0.25, 0.3) is 0 Å². The van der Waals surface area contributed by atoms with Gasteiger partial charge >= 0.3 is 0 Å². The number of carbonyl (C=O) groups excluding carboxylic acids is 1. The minimum absolute atomic E-state index is 0.0714. The second kappa shape index (κ2) is 4.27. The molecule has 0 N–H and O–H groups in total. The van der Waals surface area contributed by atoms with Gasteiger partial charge in [0.2, 0.25) is 10.0 Å². The van der Waals surface area contributed by atoms with Gasteiger partial charge < -0.3 is 0 Å². The molecule has 4 nitrogen and oxygen atoms in total. The third-order valence-corrected chi connectivity index (χ3v) is 4.87. The summed E-state index contributed by atoms with van der Waals surface area (Å²) in [5.41, 5.74) is 0. The Labute approximate surface area is 98.9 Å². The third kappa shape index (κ3) is 2.18. The fraction of sp³-hybridized carbons (Fsp3) is 0.500. The molecule has 88 valence electrons. The van der Waals surface area contributed by atoms with Crippen LogP contribution in [0, 0.1) is 0 Å². The van der Waals surface area contributed by atoms with E-state index in [9.17, 15) is 13.2 Å². The zero-order chi connectivity index (χ0) is 11.8. The fourth-order valence-corrected chi connectivity index (χ4v) is 3.82. The minimum atomic E-state index is -3.27. The van der Waals surface area contributed by atoms with Crippen LogP contribution in [0.4, 0.5) is 0 Å². The summed E-state index contributed by atoms with van der Waals surface area (Å²) in [6, 6.07) is 3.05. The highest BCUT2D eigenvalue weighted by Gasteiger charge is 2.36. The molecule has 0 aromatic carbocycles. The van der Waals surface area contributed by atoms with E-state index in [2.05, 4.69) is 0 Å². The highest BCUT2D eigenvalue weighted by molar-refractivity contribution is 7.88. The van der Waals surface area contributed by atoms with Crippen molar-refractivity contribution in [1.29, 1.82) is 0 Å². The maximum Gasteiger partial charge on any atom is 0.211 e. The Morgan fingerprint density at radius 1 is 1.56 bits per heavy atom. The Morgan fingerprint density at radius 3 is 2.88 bits per heavy atom. The van der Waals surface area contributed by atoms with Crippen LogP contribution in [0.5, 0.6) is 0 Å². The van der Waals surface area contributed by atoms with Gasteiger partial charge in [0, 0.05) is 6.54 Å². The van der Waals surface area contributed by atoms with Gasteiger partial charge in [-0.1, -0.05) is 6.07 Å². The molecule has 6 heteroatoms. The van der Waals surface area contributed by atoms with Crippen molar-refractivity contribution < 1.29 is 13.2 Å². The van der Waals surface area contributed by atoms with Gasteiger partial charge in [0.05, 0.1) is 17.2 Å². The molecule has 1 aliphatic heterocycles. The molecule has 1 aliphatic rings. The van der Waals surface area contributed by atoms with Crippen molar-refractivity contribution in [3.63, 3.8) is 0 Å². The summed E-state index contributed by atoms with van der Waals surface area (Å²) < 4.78 is 24.3. The number of hydrogen-bond donors (Lipinski definition) is 0. The number of thiophene rings is 1. The Balaban J connectivity index is 2.25. The zero-order valence-corrected chi connectivity index (χ0v) is 10.6. The summed E-state index contributed by atoms with van der Waals surface area (Å²) in [5, 5.41) is 1.83. The van der Waals surface area contributed by atoms with E-state index in [1.54, 1.807) is 12.1 Å². The number of hydrogen-bond acceptors (Lipinski definition) is 4. The second-order valence-corrected chi connectivity index (χ2v) is 6.76. The lowest BCUT2D eigenvalue weighted by atomic mass is 10.1. The smallest absolute Gasteiger partial charge is 0.211 e. The average Bonchev–Trinajstić information content (AvgIpc) is 2.87. The van der Waals surface area contributed by atoms with Gasteiger partial charge in [0.1, 0.15) is 0 Å². The highest BCUT2D eigenvalue weighted by atomic mass is 32.2. The molecule has 2 rings (SSSR count). The van der Waals surface area contributed by atoms with Crippen LogP contribution in [0.1, 0.15) is 22.5 Å². The number of sulfonamides is 1. The Morgan fingerprint density at radius 2 is 2.31 bits per heavy atom. The molecule has 1 atom stereocenters. The molecule has 16 heavy (non-hydrogen) atoms. The van der Waals surface area contributed by atoms with Crippen molar-refractivity contribution >= 4 is 27.1 Å². The molecule has 0 aliphatic carbocycles. The number of Topliss-reactive ketones (excluding diaryl/α,β-unsaturated/α-hetero) is 1. The monoisotopic (exact) mass is 259 g/mol. The molecule has 0 saturated carbocycles. The normalized spacial score (nSPS) is 22.4. The van der Waals surface area contributed by atoms with E-state index in [0.717, 1.165) is 12.7 Å². The Bertz CT molecular complexity index is 478. The van der Waals surface area contributed by atoms with Crippen molar-refractivity contribution in [2.24, 2.45) is 0 Å². The van der Waals surface area contributed by atoms with Gasteiger partial charge in [-0.05, 0) is 24.3 Å². The number of rotatable bonds is 3. The first-order valence-corrected chi connectivity index (χ1v) is 7.77. The van der Waals surface area contributed by atoms with Crippen LogP contribution >= 0.6 is 11.3 Å². The van der Waals surface area contributed by atoms with E-state index < -0.39 is 16.1 Å². The molecule has 0 radical (unpaired) electrons. The summed E-state index contributed by atoms with van der Waals surface area (Å²) >= 11 is 1.36. The van der Waals surface area contributed by atoms with Crippen LogP contribution < -0.4 is 0 Å². The fourth-order valence-electron chi connectivity index (χ4n) is 1.98. The molecule has 1 saturated heterocycles. The zero-order valence-electron chi connectivity index (χ0n) is 8.92. The molecular weight excluding hydrogens is 246 g/mol. The highest BCUT2D eigenvalue weighted by Crippen LogP contribution is 2.25. The SMILES string of the molecule is CS(=O)(=O)N1CCCC1C(=O)c1cccs1. The largest absolute Gasteiger partial charge is 0.291 e. The van der Waals surface area contributed by atoms with Gasteiger partial charge in [-0.2, -0.15) is 4.31 Å². The predicted molar refractivity (Wildman–Crippen MR) is 63.2 cm³/mol. The standard InChI is InChI=1S/C10H13NO3S2/c1-16(13,14)11-6-2-4-8(11)10(12)9-5-3-7-15-9/h3,5,7-8H,2,4,6H2,1H3. The third-order valence-electron chi connectivity index (χ3n) is 2.70. The topological polar surface area (TPSA) is 54.5 Å². The molecule has 1 unspecified atom stereocenters. The summed E-state index contributed by atoms with van der Waals surface area (Å²) in [7, 11) is -3.27. The number of carbonyl (C=O) groups is 1. The predicted octanol–water partition coefficient (Wildman–Crippen LogP) is 1.35. The van der Waals surface area contributed by atoms with Crippen LogP contribution in [0.15, 0.2) is 17.5 Å². The van der Waals surface area contributed by atoms with E-state index >= 15 is 0 Å². The van der Waals surface area contributed by atoms with Gasteiger partial charge in [-0.3, -0.25) is 4.79 Å². The van der Waals surface area contributed by atoms with Crippen molar-refractivity contribution in [1.82, 2.24) is 4.31 Å². The molecule has 2 heterocycles. The van der Waals surface area contributed by atoms with Gasteiger partial charge in [0.25, 0.3) is 0 Å². The van der Waals surface area contributed by atoms with E-state index in [1.807, 2.05) is 5.38 Å². The molecule has 0 bridgehead atoms.